The number of hydrogen-bond acceptors (Lipinski definition) is 4. The maximum atomic E-state index is 11.9. The fourth-order valence-corrected chi connectivity index (χ4v) is 2.80. The zero-order chi connectivity index (χ0) is 13.9. The molecule has 0 radical (unpaired) electrons. The van der Waals surface area contributed by atoms with Crippen molar-refractivity contribution in [3.8, 4) is 0 Å². The van der Waals surface area contributed by atoms with Gasteiger partial charge in [-0.15, -0.1) is 0 Å². The number of carbonyl (C=O) groups excluding carboxylic acids is 1. The molecule has 0 bridgehead atoms. The summed E-state index contributed by atoms with van der Waals surface area (Å²) in [6.07, 6.45) is 0. The van der Waals surface area contributed by atoms with Crippen molar-refractivity contribution in [2.45, 2.75) is 18.7 Å². The molecule has 18 heavy (non-hydrogen) atoms. The lowest BCUT2D eigenvalue weighted by Gasteiger charge is -2.10. The molecule has 1 aromatic carbocycles. The maximum Gasteiger partial charge on any atom is 0.328 e. The van der Waals surface area contributed by atoms with Crippen LogP contribution >= 0.6 is 11.6 Å². The molecule has 0 atom stereocenters. The molecule has 4 N–H and O–H groups in total. The van der Waals surface area contributed by atoms with Crippen molar-refractivity contribution >= 4 is 33.3 Å². The Morgan fingerprint density at radius 3 is 2.61 bits per heavy atom. The minimum absolute atomic E-state index is 0.0125. The van der Waals surface area contributed by atoms with Crippen molar-refractivity contribution < 1.29 is 13.2 Å². The van der Waals surface area contributed by atoms with Crippen molar-refractivity contribution in [1.29, 1.82) is 0 Å². The van der Waals surface area contributed by atoms with Gasteiger partial charge in [-0.1, -0.05) is 11.6 Å². The normalized spacial score (nSPS) is 11.1. The third-order valence-corrected chi connectivity index (χ3v) is 3.97. The van der Waals surface area contributed by atoms with Gasteiger partial charge in [0.25, 0.3) is 10.0 Å². The fraction of sp³-hybridized carbons (Fsp3) is 0.300. The summed E-state index contributed by atoms with van der Waals surface area (Å²) in [5, 5.41) is 2.33. The molecule has 100 valence electrons. The maximum absolute atomic E-state index is 11.9. The summed E-state index contributed by atoms with van der Waals surface area (Å²) < 4.78 is 25.6. The number of benzene rings is 1. The number of amides is 2. The number of aryl methyl sites for hydroxylation is 1. The molecule has 8 heteroatoms. The topological polar surface area (TPSA) is 101 Å². The van der Waals surface area contributed by atoms with Gasteiger partial charge in [-0.05, 0) is 31.5 Å². The first-order valence-corrected chi connectivity index (χ1v) is 7.00. The van der Waals surface area contributed by atoms with Crippen LogP contribution < -0.4 is 15.8 Å². The molecule has 6 nitrogen and oxygen atoms in total. The van der Waals surface area contributed by atoms with E-state index < -0.39 is 16.1 Å². The number of nitrogens with two attached hydrogens (primary N) is 1. The predicted octanol–water partition coefficient (Wildman–Crippen LogP) is 1.24. The lowest BCUT2D eigenvalue weighted by Crippen LogP contribution is -2.39. The lowest BCUT2D eigenvalue weighted by molar-refractivity contribution is 0.246. The number of sulfonamides is 1. The van der Waals surface area contributed by atoms with Crippen LogP contribution in [0.25, 0.3) is 0 Å². The first-order chi connectivity index (χ1) is 8.27. The van der Waals surface area contributed by atoms with Crippen molar-refractivity contribution in [1.82, 2.24) is 10.0 Å². The summed E-state index contributed by atoms with van der Waals surface area (Å²) in [4.78, 5) is 11.0. The van der Waals surface area contributed by atoms with Crippen molar-refractivity contribution in [3.63, 3.8) is 0 Å². The Hall–Kier alpha value is -1.47. The van der Waals surface area contributed by atoms with Crippen LogP contribution in [-0.4, -0.2) is 21.0 Å². The third-order valence-electron chi connectivity index (χ3n) is 2.17. The number of rotatable bonds is 3. The summed E-state index contributed by atoms with van der Waals surface area (Å²) in [7, 11) is -4.03. The summed E-state index contributed by atoms with van der Waals surface area (Å²) in [6.45, 7) is 3.68. The van der Waals surface area contributed by atoms with E-state index in [1.54, 1.807) is 13.8 Å². The van der Waals surface area contributed by atoms with Gasteiger partial charge in [0.2, 0.25) is 0 Å². The Labute approximate surface area is 111 Å². The Balaban J connectivity index is 3.13. The predicted molar refractivity (Wildman–Crippen MR) is 70.0 cm³/mol. The summed E-state index contributed by atoms with van der Waals surface area (Å²) in [6, 6.07) is 1.84. The van der Waals surface area contributed by atoms with Crippen LogP contribution in [0.15, 0.2) is 17.0 Å². The van der Waals surface area contributed by atoms with Gasteiger partial charge in [-0.2, -0.15) is 0 Å². The number of carbonyl (C=O) groups is 1. The van der Waals surface area contributed by atoms with E-state index in [0.717, 1.165) is 0 Å². The fourth-order valence-electron chi connectivity index (χ4n) is 1.25. The third kappa shape index (κ3) is 3.27. The van der Waals surface area contributed by atoms with Gasteiger partial charge in [-0.25, -0.2) is 17.9 Å². The Bertz CT molecular complexity index is 572. The van der Waals surface area contributed by atoms with Crippen LogP contribution in [0.2, 0.25) is 5.02 Å². The molecule has 2 amide bonds. The molecule has 1 aromatic rings. The first-order valence-electron chi connectivity index (χ1n) is 5.14. The summed E-state index contributed by atoms with van der Waals surface area (Å²) >= 11 is 5.84. The SMILES string of the molecule is CCNC(=O)NS(=O)(=O)c1cc(N)c(C)cc1Cl. The largest absolute Gasteiger partial charge is 0.398 e. The number of nitrogens with one attached hydrogen (secondary N) is 2. The standard InChI is InChI=1S/C10H14ClN3O3S/c1-3-13-10(15)14-18(16,17)9-5-8(12)6(2)4-7(9)11/h4-5H,3,12H2,1-2H3,(H2,13,14,15). The molecule has 0 aliphatic heterocycles. The molecule has 0 fully saturated rings. The van der Waals surface area contributed by atoms with Crippen molar-refractivity contribution in [2.75, 3.05) is 12.3 Å². The van der Waals surface area contributed by atoms with Crippen LogP contribution in [0.1, 0.15) is 12.5 Å². The second kappa shape index (κ2) is 5.45. The van der Waals surface area contributed by atoms with Crippen molar-refractivity contribution in [2.24, 2.45) is 0 Å². The van der Waals surface area contributed by atoms with E-state index in [2.05, 4.69) is 5.32 Å². The molecule has 0 aliphatic rings. The van der Waals surface area contributed by atoms with E-state index in [1.165, 1.54) is 12.1 Å². The molecule has 0 spiro atoms. The smallest absolute Gasteiger partial charge is 0.328 e. The number of anilines is 1. The molecule has 1 rings (SSSR count). The summed E-state index contributed by atoms with van der Waals surface area (Å²) in [5.41, 5.74) is 6.58. The van der Waals surface area contributed by atoms with Gasteiger partial charge >= 0.3 is 6.03 Å². The van der Waals surface area contributed by atoms with Crippen molar-refractivity contribution in [3.05, 3.63) is 22.7 Å². The molecule has 0 aromatic heterocycles. The van der Waals surface area contributed by atoms with E-state index in [4.69, 9.17) is 17.3 Å². The van der Waals surface area contributed by atoms with Crippen LogP contribution in [0, 0.1) is 6.92 Å². The zero-order valence-electron chi connectivity index (χ0n) is 9.95. The number of halogens is 1. The minimum atomic E-state index is -4.03. The second-order valence-corrected chi connectivity index (χ2v) is 5.66. The Morgan fingerprint density at radius 1 is 1.44 bits per heavy atom. The average Bonchev–Trinajstić information content (AvgIpc) is 2.22. The van der Waals surface area contributed by atoms with Crippen LogP contribution in [0.5, 0.6) is 0 Å². The van der Waals surface area contributed by atoms with Gasteiger partial charge < -0.3 is 11.1 Å². The van der Waals surface area contributed by atoms with Gasteiger partial charge in [0, 0.05) is 12.2 Å². The number of hydrogen-bond donors (Lipinski definition) is 3. The quantitative estimate of drug-likeness (QED) is 0.729. The first kappa shape index (κ1) is 14.6. The van der Waals surface area contributed by atoms with Gasteiger partial charge in [0.15, 0.2) is 0 Å². The average molecular weight is 292 g/mol. The monoisotopic (exact) mass is 291 g/mol. The number of urea groups is 1. The molecule has 0 aliphatic carbocycles. The van der Waals surface area contributed by atoms with Crippen LogP contribution in [0.4, 0.5) is 10.5 Å². The van der Waals surface area contributed by atoms with Gasteiger partial charge in [-0.3, -0.25) is 0 Å². The van der Waals surface area contributed by atoms with E-state index >= 15 is 0 Å². The highest BCUT2D eigenvalue weighted by atomic mass is 35.5. The molecular formula is C10H14ClN3O3S. The summed E-state index contributed by atoms with van der Waals surface area (Å²) in [5.74, 6) is 0. The van der Waals surface area contributed by atoms with E-state index in [-0.39, 0.29) is 15.6 Å². The highest BCUT2D eigenvalue weighted by Crippen LogP contribution is 2.26. The van der Waals surface area contributed by atoms with Gasteiger partial charge in [0.05, 0.1) is 5.02 Å². The minimum Gasteiger partial charge on any atom is -0.398 e. The Kier molecular flexibility index (Phi) is 4.42. The molecule has 0 heterocycles. The Morgan fingerprint density at radius 2 is 2.06 bits per heavy atom. The van der Waals surface area contributed by atoms with Gasteiger partial charge in [0.1, 0.15) is 4.90 Å². The lowest BCUT2D eigenvalue weighted by atomic mass is 10.2. The number of nitrogen functional groups attached to an aromatic ring is 1. The molecule has 0 unspecified atom stereocenters. The molecular weight excluding hydrogens is 278 g/mol. The highest BCUT2D eigenvalue weighted by molar-refractivity contribution is 7.90. The molecule has 0 saturated heterocycles. The van der Waals surface area contributed by atoms with E-state index in [9.17, 15) is 13.2 Å². The van der Waals surface area contributed by atoms with Crippen LogP contribution in [-0.2, 0) is 10.0 Å². The van der Waals surface area contributed by atoms with Crippen LogP contribution in [0.3, 0.4) is 0 Å². The zero-order valence-corrected chi connectivity index (χ0v) is 11.5. The second-order valence-electron chi connectivity index (χ2n) is 3.60. The van der Waals surface area contributed by atoms with E-state index in [0.29, 0.717) is 12.1 Å². The highest BCUT2D eigenvalue weighted by Gasteiger charge is 2.21. The van der Waals surface area contributed by atoms with E-state index in [1.807, 2.05) is 4.72 Å². The molecule has 0 saturated carbocycles.